The number of carbonyl (C=O) groups excluding carboxylic acids is 3. The number of amides is 3. The Morgan fingerprint density at radius 1 is 1.42 bits per heavy atom. The molecule has 2 atom stereocenters. The first-order valence-corrected chi connectivity index (χ1v) is 9.89. The molecule has 2 heterocycles. The van der Waals surface area contributed by atoms with Crippen LogP contribution >= 0.6 is 23.5 Å². The Bertz CT molecular complexity index is 767. The van der Waals surface area contributed by atoms with Gasteiger partial charge in [0.15, 0.2) is 0 Å². The van der Waals surface area contributed by atoms with Crippen molar-refractivity contribution in [2.24, 2.45) is 0 Å². The highest BCUT2D eigenvalue weighted by Crippen LogP contribution is 2.32. The molecule has 0 aliphatic carbocycles. The van der Waals surface area contributed by atoms with Crippen LogP contribution in [0, 0.1) is 0 Å². The maximum Gasteiger partial charge on any atom is 0.294 e. The van der Waals surface area contributed by atoms with E-state index in [1.807, 2.05) is 0 Å². The van der Waals surface area contributed by atoms with Gasteiger partial charge in [-0.15, -0.1) is 0 Å². The van der Waals surface area contributed by atoms with E-state index in [-0.39, 0.29) is 17.5 Å². The van der Waals surface area contributed by atoms with Gasteiger partial charge in [0, 0.05) is 11.5 Å². The van der Waals surface area contributed by atoms with Crippen LogP contribution in [0.4, 0.5) is 4.79 Å². The molecule has 7 nitrogen and oxygen atoms in total. The first-order valence-electron chi connectivity index (χ1n) is 7.92. The van der Waals surface area contributed by atoms with Gasteiger partial charge < -0.3 is 15.2 Å². The molecule has 2 aliphatic rings. The first kappa shape index (κ1) is 18.8. The predicted octanol–water partition coefficient (Wildman–Crippen LogP) is 1.32. The highest BCUT2D eigenvalue weighted by atomic mass is 32.2. The van der Waals surface area contributed by atoms with Crippen LogP contribution in [-0.4, -0.2) is 64.4 Å². The Morgan fingerprint density at radius 3 is 2.92 bits per heavy atom. The van der Waals surface area contributed by atoms with E-state index in [9.17, 15) is 19.5 Å². The average Bonchev–Trinajstić information content (AvgIpc) is 3.13. The monoisotopic (exact) mass is 394 g/mol. The number of nitrogens with one attached hydrogen (secondary N) is 1. The van der Waals surface area contributed by atoms with Crippen molar-refractivity contribution in [2.75, 3.05) is 25.2 Å². The molecular formula is C17H18N2O5S2. The SMILES string of the molecule is COc1cccc(/C=C2\SC(=O)N(CC(=O)N[C@H]3CSC[C@H]3O)C2=O)c1. The van der Waals surface area contributed by atoms with Gasteiger partial charge >= 0.3 is 0 Å². The second kappa shape index (κ2) is 8.15. The molecule has 9 heteroatoms. The maximum atomic E-state index is 12.5. The van der Waals surface area contributed by atoms with Crippen LogP contribution in [0.5, 0.6) is 5.75 Å². The predicted molar refractivity (Wildman–Crippen MR) is 101 cm³/mol. The lowest BCUT2D eigenvalue weighted by Gasteiger charge is -2.18. The van der Waals surface area contributed by atoms with E-state index < -0.39 is 23.2 Å². The summed E-state index contributed by atoms with van der Waals surface area (Å²) in [6.07, 6.45) is 0.995. The van der Waals surface area contributed by atoms with Crippen molar-refractivity contribution in [3.05, 3.63) is 34.7 Å². The van der Waals surface area contributed by atoms with E-state index in [1.165, 1.54) is 0 Å². The molecule has 2 aliphatic heterocycles. The molecule has 0 unspecified atom stereocenters. The second-order valence-corrected chi connectivity index (χ2v) is 7.89. The van der Waals surface area contributed by atoms with Crippen LogP contribution in [0.15, 0.2) is 29.2 Å². The van der Waals surface area contributed by atoms with Crippen LogP contribution in [-0.2, 0) is 9.59 Å². The zero-order valence-corrected chi connectivity index (χ0v) is 15.6. The van der Waals surface area contributed by atoms with Crippen LogP contribution in [0.2, 0.25) is 0 Å². The topological polar surface area (TPSA) is 95.9 Å². The molecule has 1 aromatic carbocycles. The number of rotatable bonds is 5. The summed E-state index contributed by atoms with van der Waals surface area (Å²) >= 11 is 2.34. The molecule has 0 spiro atoms. The van der Waals surface area contributed by atoms with Gasteiger partial charge in [0.25, 0.3) is 11.1 Å². The number of methoxy groups -OCH3 is 1. The fourth-order valence-electron chi connectivity index (χ4n) is 2.60. The summed E-state index contributed by atoms with van der Waals surface area (Å²) in [5.74, 6) is 0.867. The third-order valence-corrected chi connectivity index (χ3v) is 6.04. The van der Waals surface area contributed by atoms with E-state index in [0.717, 1.165) is 22.2 Å². The largest absolute Gasteiger partial charge is 0.497 e. The molecule has 0 bridgehead atoms. The number of carbonyl (C=O) groups is 3. The number of aliphatic hydroxyl groups excluding tert-OH is 1. The van der Waals surface area contributed by atoms with Gasteiger partial charge in [-0.2, -0.15) is 11.8 Å². The summed E-state index contributed by atoms with van der Waals surface area (Å²) in [5, 5.41) is 11.9. The molecule has 0 saturated carbocycles. The Hall–Kier alpha value is -1.97. The minimum atomic E-state index is -0.605. The Balaban J connectivity index is 1.66. The van der Waals surface area contributed by atoms with Crippen molar-refractivity contribution in [3.63, 3.8) is 0 Å². The van der Waals surface area contributed by atoms with Gasteiger partial charge in [0.05, 0.1) is 24.2 Å². The molecule has 26 heavy (non-hydrogen) atoms. The van der Waals surface area contributed by atoms with Gasteiger partial charge in [-0.05, 0) is 35.5 Å². The maximum absolute atomic E-state index is 12.5. The normalized spacial score (nSPS) is 24.4. The number of hydrogen-bond acceptors (Lipinski definition) is 7. The zero-order valence-electron chi connectivity index (χ0n) is 14.0. The summed E-state index contributed by atoms with van der Waals surface area (Å²) in [7, 11) is 1.55. The lowest BCUT2D eigenvalue weighted by Crippen LogP contribution is -2.47. The molecular weight excluding hydrogens is 376 g/mol. The van der Waals surface area contributed by atoms with E-state index in [2.05, 4.69) is 5.32 Å². The van der Waals surface area contributed by atoms with Crippen LogP contribution in [0.25, 0.3) is 6.08 Å². The molecule has 1 aromatic rings. The zero-order chi connectivity index (χ0) is 18.7. The number of ether oxygens (including phenoxy) is 1. The minimum absolute atomic E-state index is 0.257. The van der Waals surface area contributed by atoms with Crippen molar-refractivity contribution < 1.29 is 24.2 Å². The van der Waals surface area contributed by atoms with Crippen LogP contribution in [0.3, 0.4) is 0 Å². The van der Waals surface area contributed by atoms with Crippen molar-refractivity contribution in [1.29, 1.82) is 0 Å². The van der Waals surface area contributed by atoms with Gasteiger partial charge in [0.2, 0.25) is 5.91 Å². The van der Waals surface area contributed by atoms with E-state index in [1.54, 1.807) is 49.2 Å². The molecule has 0 radical (unpaired) electrons. The quantitative estimate of drug-likeness (QED) is 0.727. The summed E-state index contributed by atoms with van der Waals surface area (Å²) in [6.45, 7) is -0.353. The molecule has 2 fully saturated rings. The van der Waals surface area contributed by atoms with Gasteiger partial charge in [-0.3, -0.25) is 19.3 Å². The number of hydrogen-bond donors (Lipinski definition) is 2. The fraction of sp³-hybridized carbons (Fsp3) is 0.353. The Kier molecular flexibility index (Phi) is 5.90. The molecule has 2 saturated heterocycles. The molecule has 3 amide bonds. The highest BCUT2D eigenvalue weighted by Gasteiger charge is 2.37. The summed E-state index contributed by atoms with van der Waals surface area (Å²) in [4.78, 5) is 37.9. The molecule has 3 rings (SSSR count). The van der Waals surface area contributed by atoms with Gasteiger partial charge in [-0.1, -0.05) is 12.1 Å². The third-order valence-electron chi connectivity index (χ3n) is 3.96. The standard InChI is InChI=1S/C17H18N2O5S2/c1-24-11-4-2-3-10(5-11)6-14-16(22)19(17(23)26-14)7-15(21)18-12-8-25-9-13(12)20/h2-6,12-13,20H,7-9H2,1H3,(H,18,21)/b14-6-/t12-,13+/m0/s1. The number of imide groups is 1. The Morgan fingerprint density at radius 2 is 2.23 bits per heavy atom. The molecule has 138 valence electrons. The fourth-order valence-corrected chi connectivity index (χ4v) is 4.60. The van der Waals surface area contributed by atoms with Crippen LogP contribution in [0.1, 0.15) is 5.56 Å². The first-order chi connectivity index (χ1) is 12.5. The number of nitrogens with zero attached hydrogens (tertiary/aromatic N) is 1. The average molecular weight is 394 g/mol. The lowest BCUT2D eigenvalue weighted by molar-refractivity contribution is -0.129. The van der Waals surface area contributed by atoms with Crippen LogP contribution < -0.4 is 10.1 Å². The van der Waals surface area contributed by atoms with E-state index in [4.69, 9.17) is 4.74 Å². The molecule has 0 aromatic heterocycles. The number of benzene rings is 1. The van der Waals surface area contributed by atoms with Crippen molar-refractivity contribution in [2.45, 2.75) is 12.1 Å². The third kappa shape index (κ3) is 4.22. The Labute approximate surface area is 159 Å². The van der Waals surface area contributed by atoms with Crippen molar-refractivity contribution >= 4 is 46.7 Å². The van der Waals surface area contributed by atoms with Crippen molar-refractivity contribution in [3.8, 4) is 5.75 Å². The summed E-state index contributed by atoms with van der Waals surface area (Å²) < 4.78 is 5.14. The molecule has 2 N–H and O–H groups in total. The number of aliphatic hydroxyl groups is 1. The second-order valence-electron chi connectivity index (χ2n) is 5.82. The van der Waals surface area contributed by atoms with Gasteiger partial charge in [-0.25, -0.2) is 0 Å². The summed E-state index contributed by atoms with van der Waals surface area (Å²) in [5.41, 5.74) is 0.727. The summed E-state index contributed by atoms with van der Waals surface area (Å²) in [6, 6.07) is 6.76. The lowest BCUT2D eigenvalue weighted by atomic mass is 10.2. The smallest absolute Gasteiger partial charge is 0.294 e. The van der Waals surface area contributed by atoms with E-state index in [0.29, 0.717) is 17.3 Å². The minimum Gasteiger partial charge on any atom is -0.497 e. The number of thioether (sulfide) groups is 2. The van der Waals surface area contributed by atoms with Gasteiger partial charge in [0.1, 0.15) is 12.3 Å². The van der Waals surface area contributed by atoms with E-state index >= 15 is 0 Å². The van der Waals surface area contributed by atoms with Crippen molar-refractivity contribution in [1.82, 2.24) is 10.2 Å². The highest BCUT2D eigenvalue weighted by molar-refractivity contribution is 8.18.